The van der Waals surface area contributed by atoms with Gasteiger partial charge >= 0.3 is 0 Å². The molecule has 0 saturated carbocycles. The highest BCUT2D eigenvalue weighted by atomic mass is 16.2. The molecule has 0 fully saturated rings. The molecule has 0 aliphatic carbocycles. The zero-order valence-corrected chi connectivity index (χ0v) is 16.0. The maximum absolute atomic E-state index is 11.1. The van der Waals surface area contributed by atoms with E-state index in [9.17, 15) is 9.59 Å². The second-order valence-electron chi connectivity index (χ2n) is 4.77. The van der Waals surface area contributed by atoms with Crippen molar-refractivity contribution in [1.29, 1.82) is 0 Å². The third kappa shape index (κ3) is 18.8. The first-order chi connectivity index (χ1) is 11.0. The van der Waals surface area contributed by atoms with Crippen LogP contribution in [0.3, 0.4) is 0 Å². The van der Waals surface area contributed by atoms with Gasteiger partial charge in [-0.2, -0.15) is 0 Å². The van der Waals surface area contributed by atoms with Crippen LogP contribution >= 0.6 is 0 Å². The fourth-order valence-electron chi connectivity index (χ4n) is 1.67. The number of nitrogens with two attached hydrogens (primary N) is 2. The Kier molecular flexibility index (Phi) is 24.1. The monoisotopic (exact) mass is 329 g/mol. The van der Waals surface area contributed by atoms with Crippen LogP contribution in [0.5, 0.6) is 0 Å². The number of amides is 1. The molecule has 5 heteroatoms. The molecule has 23 heavy (non-hydrogen) atoms. The first-order valence-electron chi connectivity index (χ1n) is 8.87. The molecular formula is C18H39N3O2. The van der Waals surface area contributed by atoms with Gasteiger partial charge in [-0.3, -0.25) is 9.59 Å². The number of Topliss-reactive ketones (excluding diaryl/α,β-unsaturated/α-hetero) is 1. The summed E-state index contributed by atoms with van der Waals surface area (Å²) in [7, 11) is 1.59. The second-order valence-corrected chi connectivity index (χ2v) is 4.77. The Hall–Kier alpha value is -1.20. The van der Waals surface area contributed by atoms with Crippen molar-refractivity contribution < 1.29 is 9.59 Å². The first-order valence-corrected chi connectivity index (χ1v) is 8.87. The fraction of sp³-hybridized carbons (Fsp3) is 0.778. The topological polar surface area (TPSA) is 98.2 Å². The molecule has 0 rings (SSSR count). The van der Waals surface area contributed by atoms with Gasteiger partial charge in [-0.1, -0.05) is 39.8 Å². The van der Waals surface area contributed by atoms with Crippen molar-refractivity contribution in [3.05, 3.63) is 12.2 Å². The molecule has 0 aliphatic rings. The molecule has 0 aromatic carbocycles. The van der Waals surface area contributed by atoms with Crippen molar-refractivity contribution >= 4 is 11.7 Å². The van der Waals surface area contributed by atoms with Gasteiger partial charge in [0.05, 0.1) is 12.1 Å². The van der Waals surface area contributed by atoms with E-state index in [2.05, 4.69) is 17.5 Å². The lowest BCUT2D eigenvalue weighted by molar-refractivity contribution is -0.122. The molecule has 138 valence electrons. The van der Waals surface area contributed by atoms with E-state index < -0.39 is 6.04 Å². The zero-order valence-electron chi connectivity index (χ0n) is 16.0. The normalized spacial score (nSPS) is 12.3. The molecule has 0 bridgehead atoms. The van der Waals surface area contributed by atoms with Gasteiger partial charge in [0.25, 0.3) is 0 Å². The number of carbonyl (C=O) groups is 2. The van der Waals surface area contributed by atoms with Crippen molar-refractivity contribution in [2.45, 2.75) is 85.2 Å². The minimum Gasteiger partial charge on any atom is -0.358 e. The van der Waals surface area contributed by atoms with Crippen molar-refractivity contribution in [3.63, 3.8) is 0 Å². The predicted octanol–water partition coefficient (Wildman–Crippen LogP) is 2.93. The smallest absolute Gasteiger partial charge is 0.236 e. The molecule has 2 atom stereocenters. The number of nitrogens with one attached hydrogen (secondary N) is 1. The quantitative estimate of drug-likeness (QED) is 0.424. The lowest BCUT2D eigenvalue weighted by Gasteiger charge is -2.08. The van der Waals surface area contributed by atoms with Gasteiger partial charge in [-0.25, -0.2) is 0 Å². The van der Waals surface area contributed by atoms with Gasteiger partial charge in [-0.15, -0.1) is 0 Å². The average Bonchev–Trinajstić information content (AvgIpc) is 2.59. The molecule has 5 N–H and O–H groups in total. The number of ketones is 1. The van der Waals surface area contributed by atoms with Gasteiger partial charge in [0.2, 0.25) is 5.91 Å². The van der Waals surface area contributed by atoms with Crippen LogP contribution in [0.4, 0.5) is 0 Å². The van der Waals surface area contributed by atoms with Gasteiger partial charge in [-0.05, 0) is 45.4 Å². The number of allylic oxidation sites excluding steroid dienone is 2. The molecule has 0 aliphatic heterocycles. The number of hydrogen-bond acceptors (Lipinski definition) is 4. The largest absolute Gasteiger partial charge is 0.358 e. The zero-order chi connectivity index (χ0) is 18.7. The van der Waals surface area contributed by atoms with E-state index in [0.29, 0.717) is 6.42 Å². The minimum atomic E-state index is -0.410. The molecule has 0 heterocycles. The summed E-state index contributed by atoms with van der Waals surface area (Å²) in [5.41, 5.74) is 11.3. The third-order valence-electron chi connectivity index (χ3n) is 3.04. The third-order valence-corrected chi connectivity index (χ3v) is 3.04. The first kappa shape index (κ1) is 26.7. The van der Waals surface area contributed by atoms with E-state index in [1.54, 1.807) is 7.05 Å². The highest BCUT2D eigenvalue weighted by Gasteiger charge is 2.09. The molecule has 0 saturated heterocycles. The van der Waals surface area contributed by atoms with Crippen LogP contribution in [0, 0.1) is 0 Å². The summed E-state index contributed by atoms with van der Waals surface area (Å²) in [5.74, 6) is -0.0608. The Balaban J connectivity index is -0.000000919. The molecule has 0 aromatic rings. The van der Waals surface area contributed by atoms with E-state index in [0.717, 1.165) is 32.1 Å². The molecule has 0 radical (unpaired) electrons. The lowest BCUT2D eigenvalue weighted by atomic mass is 10.1. The van der Waals surface area contributed by atoms with Crippen molar-refractivity contribution in [2.24, 2.45) is 11.5 Å². The highest BCUT2D eigenvalue weighted by molar-refractivity contribution is 5.81. The van der Waals surface area contributed by atoms with Crippen molar-refractivity contribution in [2.75, 3.05) is 7.05 Å². The number of rotatable bonds is 10. The maximum Gasteiger partial charge on any atom is 0.236 e. The summed E-state index contributed by atoms with van der Waals surface area (Å²) in [5, 5.41) is 2.53. The highest BCUT2D eigenvalue weighted by Crippen LogP contribution is 2.04. The van der Waals surface area contributed by atoms with E-state index in [4.69, 9.17) is 11.5 Å². The fourth-order valence-corrected chi connectivity index (χ4v) is 1.67. The van der Waals surface area contributed by atoms with Crippen LogP contribution in [-0.2, 0) is 9.59 Å². The van der Waals surface area contributed by atoms with Crippen LogP contribution < -0.4 is 16.8 Å². The van der Waals surface area contributed by atoms with Gasteiger partial charge in [0, 0.05) is 7.05 Å². The van der Waals surface area contributed by atoms with E-state index in [-0.39, 0.29) is 17.7 Å². The second kappa shape index (κ2) is 20.8. The Bertz CT molecular complexity index is 305. The Labute approximate surface area is 143 Å². The molecule has 0 aromatic heterocycles. The number of likely N-dealkylation sites (N-methyl/N-ethyl adjacent to an activating group) is 1. The van der Waals surface area contributed by atoms with Crippen molar-refractivity contribution in [3.8, 4) is 0 Å². The van der Waals surface area contributed by atoms with E-state index in [1.807, 2.05) is 27.7 Å². The van der Waals surface area contributed by atoms with E-state index in [1.165, 1.54) is 6.92 Å². The van der Waals surface area contributed by atoms with Gasteiger partial charge in [0.15, 0.2) is 0 Å². The summed E-state index contributed by atoms with van der Waals surface area (Å²) in [6.07, 6.45) is 9.30. The molecule has 2 unspecified atom stereocenters. The summed E-state index contributed by atoms with van der Waals surface area (Å²) in [4.78, 5) is 22.0. The number of hydrogen-bond donors (Lipinski definition) is 3. The van der Waals surface area contributed by atoms with Crippen LogP contribution in [0.25, 0.3) is 0 Å². The number of carbonyl (C=O) groups excluding carboxylic acids is 2. The van der Waals surface area contributed by atoms with Crippen LogP contribution in [0.1, 0.15) is 73.1 Å². The summed E-state index contributed by atoms with van der Waals surface area (Å²) in [6, 6.07) is -0.731. The summed E-state index contributed by atoms with van der Waals surface area (Å²) >= 11 is 0. The van der Waals surface area contributed by atoms with E-state index >= 15 is 0 Å². The maximum atomic E-state index is 11.1. The van der Waals surface area contributed by atoms with Crippen molar-refractivity contribution in [1.82, 2.24) is 5.32 Å². The number of unbranched alkanes of at least 4 members (excludes halogenated alkanes) is 2. The van der Waals surface area contributed by atoms with Crippen LogP contribution in [0.15, 0.2) is 12.2 Å². The van der Waals surface area contributed by atoms with Crippen LogP contribution in [0.2, 0.25) is 0 Å². The Morgan fingerprint density at radius 3 is 1.65 bits per heavy atom. The molecule has 1 amide bonds. The summed E-state index contributed by atoms with van der Waals surface area (Å²) < 4.78 is 0. The lowest BCUT2D eigenvalue weighted by Crippen LogP contribution is -2.38. The van der Waals surface area contributed by atoms with Gasteiger partial charge < -0.3 is 16.8 Å². The Morgan fingerprint density at radius 2 is 1.30 bits per heavy atom. The molecular weight excluding hydrogens is 290 g/mol. The SMILES string of the molecule is CC.CC.CNC(=O)C(N)CCC/C=C\CCCC(N)C(C)=O. The van der Waals surface area contributed by atoms with Gasteiger partial charge in [0.1, 0.15) is 5.78 Å². The average molecular weight is 330 g/mol. The molecule has 5 nitrogen and oxygen atoms in total. The molecule has 0 spiro atoms. The standard InChI is InChI=1S/C14H27N3O2.2C2H6/c1-11(18)12(15)9-7-5-3-4-6-8-10-13(16)14(19)17-2;2*1-2/h3-4,12-13H,5-10,15-16H2,1-2H3,(H,17,19);2*1-2H3/b4-3-;;. The Morgan fingerprint density at radius 1 is 0.913 bits per heavy atom. The van der Waals surface area contributed by atoms with Crippen LogP contribution in [-0.4, -0.2) is 30.8 Å². The predicted molar refractivity (Wildman–Crippen MR) is 100 cm³/mol. The minimum absolute atomic E-state index is 0.0483. The summed E-state index contributed by atoms with van der Waals surface area (Å²) in [6.45, 7) is 9.52.